The van der Waals surface area contributed by atoms with Crippen LogP contribution in [0, 0.1) is 11.6 Å². The highest BCUT2D eigenvalue weighted by Gasteiger charge is 2.51. The molecule has 1 fully saturated rings. The fraction of sp³-hybridized carbons (Fsp3) is 0.167. The van der Waals surface area contributed by atoms with Gasteiger partial charge in [-0.25, -0.2) is 8.78 Å². The summed E-state index contributed by atoms with van der Waals surface area (Å²) in [5, 5.41) is 11.4. The van der Waals surface area contributed by atoms with E-state index in [-0.39, 0.29) is 11.6 Å². The fourth-order valence-electron chi connectivity index (χ4n) is 2.84. The van der Waals surface area contributed by atoms with E-state index in [0.29, 0.717) is 16.4 Å². The van der Waals surface area contributed by atoms with Gasteiger partial charge in [0.15, 0.2) is 4.93 Å². The van der Waals surface area contributed by atoms with Gasteiger partial charge in [-0.05, 0) is 35.4 Å². The number of nitrogens with zero attached hydrogens (tertiary/aromatic N) is 1. The molecule has 3 rings (SSSR count). The number of thiocarbonyl (C=S) groups is 1. The van der Waals surface area contributed by atoms with E-state index in [2.05, 4.69) is 6.58 Å². The quantitative estimate of drug-likeness (QED) is 0.644. The van der Waals surface area contributed by atoms with Crippen LogP contribution in [0.15, 0.2) is 61.2 Å². The lowest BCUT2D eigenvalue weighted by Gasteiger charge is -2.33. The Morgan fingerprint density at radius 2 is 1.67 bits per heavy atom. The van der Waals surface area contributed by atoms with Gasteiger partial charge in [-0.2, -0.15) is 0 Å². The van der Waals surface area contributed by atoms with Crippen LogP contribution in [-0.4, -0.2) is 20.9 Å². The summed E-state index contributed by atoms with van der Waals surface area (Å²) >= 11 is 6.55. The summed E-state index contributed by atoms with van der Waals surface area (Å²) in [6.07, 6.45) is 1.69. The van der Waals surface area contributed by atoms with Crippen molar-refractivity contribution in [1.29, 1.82) is 0 Å². The second-order valence-electron chi connectivity index (χ2n) is 5.47. The average molecular weight is 363 g/mol. The third kappa shape index (κ3) is 2.97. The SMILES string of the molecule is C=CCN1C(=S)SC(O)(c2ccc(F)cc2)C1c1ccc(F)cc1. The highest BCUT2D eigenvalue weighted by Crippen LogP contribution is 2.54. The Hall–Kier alpha value is -1.76. The fourth-order valence-corrected chi connectivity index (χ4v) is 4.59. The summed E-state index contributed by atoms with van der Waals surface area (Å²) < 4.78 is 27.1. The maximum Gasteiger partial charge on any atom is 0.167 e. The standard InChI is InChI=1S/C18H15F2NOS2/c1-2-11-21-16(12-3-7-14(19)8-4-12)18(22,24-17(21)23)13-5-9-15(20)10-6-13/h2-10,16,22H,1,11H2. The van der Waals surface area contributed by atoms with Crippen LogP contribution in [0.2, 0.25) is 0 Å². The number of rotatable bonds is 4. The minimum Gasteiger partial charge on any atom is -0.372 e. The Kier molecular flexibility index (Phi) is 4.71. The monoisotopic (exact) mass is 363 g/mol. The van der Waals surface area contributed by atoms with Crippen molar-refractivity contribution in [2.24, 2.45) is 0 Å². The normalized spacial score (nSPS) is 23.5. The van der Waals surface area contributed by atoms with Gasteiger partial charge in [-0.15, -0.1) is 6.58 Å². The Balaban J connectivity index is 2.11. The van der Waals surface area contributed by atoms with Crippen LogP contribution < -0.4 is 0 Å². The zero-order chi connectivity index (χ0) is 17.3. The van der Waals surface area contributed by atoms with E-state index in [4.69, 9.17) is 12.2 Å². The van der Waals surface area contributed by atoms with Crippen molar-refractivity contribution in [1.82, 2.24) is 4.90 Å². The minimum absolute atomic E-state index is 0.354. The average Bonchev–Trinajstić information content (AvgIpc) is 2.81. The summed E-state index contributed by atoms with van der Waals surface area (Å²) in [5.74, 6) is -0.734. The predicted molar refractivity (Wildman–Crippen MR) is 96.5 cm³/mol. The molecule has 1 aliphatic rings. The molecule has 2 unspecified atom stereocenters. The second-order valence-corrected chi connectivity index (χ2v) is 7.32. The maximum absolute atomic E-state index is 13.3. The van der Waals surface area contributed by atoms with Gasteiger partial charge in [0.25, 0.3) is 0 Å². The zero-order valence-corrected chi connectivity index (χ0v) is 14.3. The van der Waals surface area contributed by atoms with E-state index in [1.54, 1.807) is 30.3 Å². The van der Waals surface area contributed by atoms with Crippen LogP contribution in [0.3, 0.4) is 0 Å². The highest BCUT2D eigenvalue weighted by atomic mass is 32.2. The zero-order valence-electron chi connectivity index (χ0n) is 12.7. The molecule has 0 amide bonds. The first kappa shape index (κ1) is 17.1. The molecule has 2 aromatic carbocycles. The summed E-state index contributed by atoms with van der Waals surface area (Å²) in [6.45, 7) is 4.17. The predicted octanol–water partition coefficient (Wildman–Crippen LogP) is 4.37. The number of hydrogen-bond acceptors (Lipinski definition) is 3. The molecule has 0 bridgehead atoms. The molecule has 0 aromatic heterocycles. The molecular formula is C18H15F2NOS2. The Morgan fingerprint density at radius 1 is 1.12 bits per heavy atom. The second kappa shape index (κ2) is 6.63. The number of benzene rings is 2. The first-order valence-corrected chi connectivity index (χ1v) is 8.52. The molecule has 1 N–H and O–H groups in total. The molecule has 0 saturated carbocycles. The largest absolute Gasteiger partial charge is 0.372 e. The number of hydrogen-bond donors (Lipinski definition) is 1. The minimum atomic E-state index is -1.40. The molecule has 2 atom stereocenters. The summed E-state index contributed by atoms with van der Waals surface area (Å²) in [7, 11) is 0. The maximum atomic E-state index is 13.3. The molecule has 1 saturated heterocycles. The summed E-state index contributed by atoms with van der Waals surface area (Å²) in [6, 6.07) is 11.1. The lowest BCUT2D eigenvalue weighted by molar-refractivity contribution is 0.0651. The topological polar surface area (TPSA) is 23.5 Å². The van der Waals surface area contributed by atoms with E-state index < -0.39 is 11.0 Å². The number of halogens is 2. The van der Waals surface area contributed by atoms with Crippen molar-refractivity contribution >= 4 is 28.3 Å². The Morgan fingerprint density at radius 3 is 2.21 bits per heavy atom. The van der Waals surface area contributed by atoms with E-state index in [1.165, 1.54) is 24.3 Å². The van der Waals surface area contributed by atoms with E-state index >= 15 is 0 Å². The van der Waals surface area contributed by atoms with Crippen LogP contribution in [0.5, 0.6) is 0 Å². The third-order valence-electron chi connectivity index (χ3n) is 3.93. The highest BCUT2D eigenvalue weighted by molar-refractivity contribution is 8.23. The van der Waals surface area contributed by atoms with Gasteiger partial charge < -0.3 is 10.0 Å². The molecule has 0 radical (unpaired) electrons. The van der Waals surface area contributed by atoms with E-state index in [0.717, 1.165) is 17.3 Å². The van der Waals surface area contributed by atoms with Crippen LogP contribution >= 0.6 is 24.0 Å². The third-order valence-corrected chi connectivity index (χ3v) is 5.59. The number of thioether (sulfide) groups is 1. The van der Waals surface area contributed by atoms with Crippen molar-refractivity contribution in [3.63, 3.8) is 0 Å². The molecule has 0 spiro atoms. The molecule has 2 aromatic rings. The first-order valence-electron chi connectivity index (χ1n) is 7.30. The molecule has 6 heteroatoms. The van der Waals surface area contributed by atoms with Gasteiger partial charge in [-0.3, -0.25) is 0 Å². The summed E-state index contributed by atoms with van der Waals surface area (Å²) in [4.78, 5) is 0.440. The van der Waals surface area contributed by atoms with Crippen LogP contribution in [0.4, 0.5) is 8.78 Å². The molecule has 24 heavy (non-hydrogen) atoms. The van der Waals surface area contributed by atoms with Gasteiger partial charge >= 0.3 is 0 Å². The lowest BCUT2D eigenvalue weighted by atomic mass is 9.94. The van der Waals surface area contributed by atoms with E-state index in [9.17, 15) is 13.9 Å². The Bertz CT molecular complexity index is 764. The molecule has 0 aliphatic carbocycles. The van der Waals surface area contributed by atoms with Crippen molar-refractivity contribution < 1.29 is 13.9 Å². The van der Waals surface area contributed by atoms with Gasteiger partial charge in [-0.1, -0.05) is 54.3 Å². The molecular weight excluding hydrogens is 348 g/mol. The van der Waals surface area contributed by atoms with Crippen LogP contribution in [0.1, 0.15) is 17.2 Å². The molecule has 124 valence electrons. The molecule has 2 nitrogen and oxygen atoms in total. The van der Waals surface area contributed by atoms with Crippen LogP contribution in [0.25, 0.3) is 0 Å². The smallest absolute Gasteiger partial charge is 0.167 e. The van der Waals surface area contributed by atoms with Crippen molar-refractivity contribution in [2.45, 2.75) is 11.0 Å². The van der Waals surface area contributed by atoms with Gasteiger partial charge in [0.2, 0.25) is 0 Å². The van der Waals surface area contributed by atoms with Gasteiger partial charge in [0.05, 0.1) is 6.04 Å². The van der Waals surface area contributed by atoms with Crippen molar-refractivity contribution in [3.8, 4) is 0 Å². The molecule has 1 heterocycles. The van der Waals surface area contributed by atoms with E-state index in [1.807, 2.05) is 4.90 Å². The number of aliphatic hydroxyl groups is 1. The lowest BCUT2D eigenvalue weighted by Crippen LogP contribution is -2.35. The van der Waals surface area contributed by atoms with Gasteiger partial charge in [0.1, 0.15) is 16.0 Å². The molecule has 1 aliphatic heterocycles. The van der Waals surface area contributed by atoms with Crippen LogP contribution in [-0.2, 0) is 4.93 Å². The first-order chi connectivity index (χ1) is 11.5. The van der Waals surface area contributed by atoms with Gasteiger partial charge in [0, 0.05) is 6.54 Å². The Labute approximate surface area is 148 Å². The van der Waals surface area contributed by atoms with Crippen molar-refractivity contribution in [3.05, 3.63) is 83.9 Å². The summed E-state index contributed by atoms with van der Waals surface area (Å²) in [5.41, 5.74) is 1.26. The van der Waals surface area contributed by atoms with Crippen molar-refractivity contribution in [2.75, 3.05) is 6.54 Å².